The number of rotatable bonds is 6. The third kappa shape index (κ3) is 5.15. The molecule has 7 heteroatoms. The fourth-order valence-electron chi connectivity index (χ4n) is 5.81. The van der Waals surface area contributed by atoms with Crippen molar-refractivity contribution in [3.8, 4) is 11.1 Å². The lowest BCUT2D eigenvalue weighted by Crippen LogP contribution is -2.49. The number of nitrogens with zero attached hydrogens (tertiary/aromatic N) is 2. The van der Waals surface area contributed by atoms with Gasteiger partial charge in [0, 0.05) is 18.7 Å². The third-order valence-electron chi connectivity index (χ3n) is 7.51. The van der Waals surface area contributed by atoms with Crippen LogP contribution >= 0.6 is 0 Å². The number of anilines is 1. The molecule has 0 bridgehead atoms. The summed E-state index contributed by atoms with van der Waals surface area (Å²) in [7, 11) is 0. The minimum absolute atomic E-state index is 0.121. The Labute approximate surface area is 229 Å². The van der Waals surface area contributed by atoms with Gasteiger partial charge < -0.3 is 14.7 Å². The third-order valence-corrected chi connectivity index (χ3v) is 7.51. The summed E-state index contributed by atoms with van der Waals surface area (Å²) in [6.07, 6.45) is 0.191. The van der Waals surface area contributed by atoms with Crippen LogP contribution in [0.25, 0.3) is 11.1 Å². The first-order valence-electron chi connectivity index (χ1n) is 13.4. The van der Waals surface area contributed by atoms with E-state index in [2.05, 4.69) is 0 Å². The number of carbonyl (C=O) groups is 2. The highest BCUT2D eigenvalue weighted by molar-refractivity contribution is 5.99. The van der Waals surface area contributed by atoms with E-state index in [-0.39, 0.29) is 11.8 Å². The lowest BCUT2D eigenvalue weighted by Gasteiger charge is -2.43. The first-order valence-corrected chi connectivity index (χ1v) is 13.4. The minimum atomic E-state index is -1.19. The summed E-state index contributed by atoms with van der Waals surface area (Å²) in [6, 6.07) is 14.2. The molecule has 204 valence electrons. The average molecular weight is 531 g/mol. The van der Waals surface area contributed by atoms with E-state index in [1.165, 1.54) is 12.1 Å². The smallest absolute Gasteiger partial charge is 0.337 e. The standard InChI is InChI=1S/C32H35FN2O4/c1-19-8-12-22(13-9-19)26-20(2)25-18-34(17-21-10-14-23(33)15-11-21)31(38)35-16-6-7-24(28(25)35)27(26)29(30(36)37)39-32(3,4)5/h8-15,29H,6-7,16-18H2,1-5H3,(H,36,37). The molecule has 5 rings (SSSR count). The van der Waals surface area contributed by atoms with Crippen LogP contribution in [0.3, 0.4) is 0 Å². The zero-order chi connectivity index (χ0) is 28.1. The van der Waals surface area contributed by atoms with Crippen LogP contribution in [0.15, 0.2) is 48.5 Å². The highest BCUT2D eigenvalue weighted by Gasteiger charge is 2.41. The molecule has 2 amide bonds. The Bertz CT molecular complexity index is 1420. The van der Waals surface area contributed by atoms with E-state index in [0.29, 0.717) is 38.0 Å². The minimum Gasteiger partial charge on any atom is -0.479 e. The highest BCUT2D eigenvalue weighted by atomic mass is 19.1. The van der Waals surface area contributed by atoms with E-state index in [4.69, 9.17) is 4.74 Å². The molecule has 0 fully saturated rings. The number of hydrogen-bond donors (Lipinski definition) is 1. The van der Waals surface area contributed by atoms with Gasteiger partial charge in [-0.1, -0.05) is 42.0 Å². The molecule has 2 heterocycles. The van der Waals surface area contributed by atoms with E-state index >= 15 is 0 Å². The van der Waals surface area contributed by atoms with E-state index in [9.17, 15) is 19.1 Å². The Morgan fingerprint density at radius 2 is 1.72 bits per heavy atom. The zero-order valence-corrected chi connectivity index (χ0v) is 23.2. The molecule has 1 atom stereocenters. The predicted molar refractivity (Wildman–Crippen MR) is 149 cm³/mol. The summed E-state index contributed by atoms with van der Waals surface area (Å²) in [5, 5.41) is 10.4. The number of hydrogen-bond acceptors (Lipinski definition) is 3. The largest absolute Gasteiger partial charge is 0.479 e. The molecule has 6 nitrogen and oxygen atoms in total. The van der Waals surface area contributed by atoms with Crippen molar-refractivity contribution in [2.24, 2.45) is 0 Å². The molecule has 0 saturated heterocycles. The fraction of sp³-hybridized carbons (Fsp3) is 0.375. The monoisotopic (exact) mass is 530 g/mol. The van der Waals surface area contributed by atoms with Crippen LogP contribution in [0.4, 0.5) is 14.9 Å². The van der Waals surface area contributed by atoms with Crippen molar-refractivity contribution in [1.82, 2.24) is 4.90 Å². The van der Waals surface area contributed by atoms with E-state index in [1.807, 2.05) is 58.9 Å². The van der Waals surface area contributed by atoms with Gasteiger partial charge in [-0.3, -0.25) is 4.90 Å². The summed E-state index contributed by atoms with van der Waals surface area (Å²) in [5.74, 6) is -1.36. The number of carbonyl (C=O) groups excluding carboxylic acids is 1. The van der Waals surface area contributed by atoms with Crippen molar-refractivity contribution in [3.63, 3.8) is 0 Å². The van der Waals surface area contributed by atoms with Crippen molar-refractivity contribution in [2.45, 2.75) is 72.3 Å². The average Bonchev–Trinajstić information content (AvgIpc) is 2.88. The van der Waals surface area contributed by atoms with Gasteiger partial charge in [-0.25, -0.2) is 14.0 Å². The molecular weight excluding hydrogens is 495 g/mol. The Morgan fingerprint density at radius 3 is 2.33 bits per heavy atom. The van der Waals surface area contributed by atoms with Gasteiger partial charge in [-0.15, -0.1) is 0 Å². The van der Waals surface area contributed by atoms with Crippen LogP contribution in [0.2, 0.25) is 0 Å². The maximum atomic E-state index is 13.8. The quantitative estimate of drug-likeness (QED) is 0.375. The number of halogens is 1. The Kier molecular flexibility index (Phi) is 6.97. The number of amides is 2. The number of ether oxygens (including phenoxy) is 1. The summed E-state index contributed by atoms with van der Waals surface area (Å²) in [5.41, 5.74) is 7.36. The lowest BCUT2D eigenvalue weighted by atomic mass is 9.80. The molecule has 0 aromatic heterocycles. The van der Waals surface area contributed by atoms with Crippen LogP contribution in [-0.4, -0.2) is 34.2 Å². The molecule has 3 aromatic carbocycles. The van der Waals surface area contributed by atoms with Crippen molar-refractivity contribution in [1.29, 1.82) is 0 Å². The highest BCUT2D eigenvalue weighted by Crippen LogP contribution is 2.48. The fourth-order valence-corrected chi connectivity index (χ4v) is 5.81. The van der Waals surface area contributed by atoms with Crippen LogP contribution in [-0.2, 0) is 29.0 Å². The molecular formula is C32H35FN2O4. The second-order valence-corrected chi connectivity index (χ2v) is 11.6. The van der Waals surface area contributed by atoms with Gasteiger partial charge in [-0.05, 0) is 93.0 Å². The second kappa shape index (κ2) is 10.1. The molecule has 0 saturated carbocycles. The molecule has 0 aliphatic carbocycles. The first-order chi connectivity index (χ1) is 18.4. The van der Waals surface area contributed by atoms with Crippen molar-refractivity contribution >= 4 is 17.7 Å². The van der Waals surface area contributed by atoms with Crippen LogP contribution in [0.5, 0.6) is 0 Å². The molecule has 1 unspecified atom stereocenters. The van der Waals surface area contributed by atoms with Crippen molar-refractivity contribution in [2.75, 3.05) is 11.4 Å². The number of urea groups is 1. The Balaban J connectivity index is 1.73. The normalized spacial score (nSPS) is 15.8. The second-order valence-electron chi connectivity index (χ2n) is 11.6. The predicted octanol–water partition coefficient (Wildman–Crippen LogP) is 6.94. The summed E-state index contributed by atoms with van der Waals surface area (Å²) >= 11 is 0. The molecule has 2 aliphatic rings. The van der Waals surface area contributed by atoms with Gasteiger partial charge in [0.1, 0.15) is 5.82 Å². The maximum absolute atomic E-state index is 13.8. The summed E-state index contributed by atoms with van der Waals surface area (Å²) in [6.45, 7) is 10.9. The molecule has 39 heavy (non-hydrogen) atoms. The van der Waals surface area contributed by atoms with Crippen molar-refractivity contribution < 1.29 is 23.8 Å². The van der Waals surface area contributed by atoms with Gasteiger partial charge in [0.2, 0.25) is 0 Å². The zero-order valence-electron chi connectivity index (χ0n) is 23.2. The van der Waals surface area contributed by atoms with E-state index in [0.717, 1.165) is 44.6 Å². The molecule has 0 radical (unpaired) electrons. The Hall–Kier alpha value is -3.71. The number of carboxylic acids is 1. The maximum Gasteiger partial charge on any atom is 0.337 e. The van der Waals surface area contributed by atoms with Crippen molar-refractivity contribution in [3.05, 3.63) is 87.7 Å². The molecule has 2 aliphatic heterocycles. The van der Waals surface area contributed by atoms with Crippen LogP contribution < -0.4 is 4.90 Å². The molecule has 1 N–H and O–H groups in total. The van der Waals surface area contributed by atoms with Gasteiger partial charge in [0.25, 0.3) is 0 Å². The summed E-state index contributed by atoms with van der Waals surface area (Å²) < 4.78 is 19.7. The Morgan fingerprint density at radius 1 is 1.05 bits per heavy atom. The SMILES string of the molecule is Cc1ccc(-c2c(C)c3c4c(c2C(OC(C)(C)C)C(=O)O)CCCN4C(=O)N(Cc2ccc(F)cc2)C3)cc1. The van der Waals surface area contributed by atoms with E-state index < -0.39 is 17.7 Å². The number of carboxylic acid groups (broad SMARTS) is 1. The van der Waals surface area contributed by atoms with Gasteiger partial charge in [0.15, 0.2) is 6.10 Å². The topological polar surface area (TPSA) is 70.1 Å². The van der Waals surface area contributed by atoms with Crippen LogP contribution in [0, 0.1) is 19.7 Å². The number of aryl methyl sites for hydroxylation is 1. The first kappa shape index (κ1) is 26.9. The lowest BCUT2D eigenvalue weighted by molar-refractivity contribution is -0.160. The molecule has 0 spiro atoms. The number of benzene rings is 3. The van der Waals surface area contributed by atoms with Crippen LogP contribution in [0.1, 0.15) is 66.7 Å². The van der Waals surface area contributed by atoms with Gasteiger partial charge in [-0.2, -0.15) is 0 Å². The van der Waals surface area contributed by atoms with Gasteiger partial charge >= 0.3 is 12.0 Å². The van der Waals surface area contributed by atoms with E-state index in [1.54, 1.807) is 21.9 Å². The van der Waals surface area contributed by atoms with Gasteiger partial charge in [0.05, 0.1) is 17.8 Å². The molecule has 3 aromatic rings. The summed E-state index contributed by atoms with van der Waals surface area (Å²) in [4.78, 5) is 30.1. The number of aliphatic carboxylic acids is 1.